The number of nitrogens with one attached hydrogen (secondary N) is 2. The Hall–Kier alpha value is -2.21. The minimum Gasteiger partial charge on any atom is -0.326 e. The molecule has 0 saturated heterocycles. The standard InChI is InChI=1S/C15H14N4OS/c20-15(9-2-4-12-14(5-9)21-8-16-12)18-11-3-1-10-7-17-19-13(10)6-11/h1,3,6-9H,2,4-5H2,(H,17,19)(H,18,20). The molecule has 3 aromatic rings. The molecule has 21 heavy (non-hydrogen) atoms. The van der Waals surface area contributed by atoms with Gasteiger partial charge in [-0.3, -0.25) is 9.89 Å². The second-order valence-corrected chi connectivity index (χ2v) is 6.26. The Bertz CT molecular complexity index is 807. The highest BCUT2D eigenvalue weighted by molar-refractivity contribution is 7.09. The predicted molar refractivity (Wildman–Crippen MR) is 82.4 cm³/mol. The van der Waals surface area contributed by atoms with Crippen LogP contribution in [0, 0.1) is 5.92 Å². The molecule has 1 aliphatic carbocycles. The number of amides is 1. The molecule has 0 aliphatic heterocycles. The largest absolute Gasteiger partial charge is 0.326 e. The SMILES string of the molecule is O=C(Nc1ccc2cn[nH]c2c1)C1CCc2ncsc2C1. The highest BCUT2D eigenvalue weighted by atomic mass is 32.1. The van der Waals surface area contributed by atoms with Crippen LogP contribution in [0.5, 0.6) is 0 Å². The van der Waals surface area contributed by atoms with Crippen LogP contribution in [-0.4, -0.2) is 21.1 Å². The maximum Gasteiger partial charge on any atom is 0.227 e. The van der Waals surface area contributed by atoms with E-state index in [4.69, 9.17) is 0 Å². The van der Waals surface area contributed by atoms with Crippen molar-refractivity contribution >= 4 is 33.8 Å². The van der Waals surface area contributed by atoms with Gasteiger partial charge < -0.3 is 5.32 Å². The van der Waals surface area contributed by atoms with Crippen molar-refractivity contribution in [2.75, 3.05) is 5.32 Å². The Balaban J connectivity index is 1.50. The molecule has 2 aromatic heterocycles. The smallest absolute Gasteiger partial charge is 0.227 e. The number of nitrogens with zero attached hydrogens (tertiary/aromatic N) is 2. The van der Waals surface area contributed by atoms with Gasteiger partial charge in [-0.25, -0.2) is 4.98 Å². The summed E-state index contributed by atoms with van der Waals surface area (Å²) >= 11 is 1.65. The van der Waals surface area contributed by atoms with Gasteiger partial charge in [0.25, 0.3) is 0 Å². The molecule has 106 valence electrons. The number of aromatic amines is 1. The minimum atomic E-state index is 0.0374. The zero-order valence-electron chi connectivity index (χ0n) is 11.3. The van der Waals surface area contributed by atoms with E-state index in [2.05, 4.69) is 20.5 Å². The second-order valence-electron chi connectivity index (χ2n) is 5.32. The van der Waals surface area contributed by atoms with Crippen LogP contribution in [0.3, 0.4) is 0 Å². The Kier molecular flexibility index (Phi) is 2.96. The molecule has 6 heteroatoms. The van der Waals surface area contributed by atoms with Gasteiger partial charge in [0, 0.05) is 21.9 Å². The zero-order valence-corrected chi connectivity index (χ0v) is 12.1. The van der Waals surface area contributed by atoms with Crippen molar-refractivity contribution in [1.82, 2.24) is 15.2 Å². The van der Waals surface area contributed by atoms with Gasteiger partial charge in [-0.1, -0.05) is 0 Å². The molecule has 1 amide bonds. The van der Waals surface area contributed by atoms with E-state index in [-0.39, 0.29) is 11.8 Å². The van der Waals surface area contributed by atoms with Crippen molar-refractivity contribution in [3.8, 4) is 0 Å². The van der Waals surface area contributed by atoms with Crippen LogP contribution in [0.4, 0.5) is 5.69 Å². The third-order valence-electron chi connectivity index (χ3n) is 3.97. The summed E-state index contributed by atoms with van der Waals surface area (Å²) in [6.45, 7) is 0. The number of thiazole rings is 1. The zero-order chi connectivity index (χ0) is 14.2. The van der Waals surface area contributed by atoms with Gasteiger partial charge in [0.05, 0.1) is 22.9 Å². The van der Waals surface area contributed by atoms with Crippen LogP contribution in [0.15, 0.2) is 29.9 Å². The minimum absolute atomic E-state index is 0.0374. The summed E-state index contributed by atoms with van der Waals surface area (Å²) in [4.78, 5) is 18.0. The van der Waals surface area contributed by atoms with Crippen LogP contribution in [0.1, 0.15) is 17.0 Å². The molecule has 2 heterocycles. The molecule has 1 aliphatic rings. The van der Waals surface area contributed by atoms with Crippen LogP contribution >= 0.6 is 11.3 Å². The van der Waals surface area contributed by atoms with Crippen molar-refractivity contribution in [3.63, 3.8) is 0 Å². The summed E-state index contributed by atoms with van der Waals surface area (Å²) in [5.74, 6) is 0.128. The molecule has 0 spiro atoms. The van der Waals surface area contributed by atoms with Gasteiger partial charge in [0.1, 0.15) is 0 Å². The number of hydrogen-bond donors (Lipinski definition) is 2. The number of benzene rings is 1. The summed E-state index contributed by atoms with van der Waals surface area (Å²) in [5.41, 5.74) is 4.79. The van der Waals surface area contributed by atoms with Crippen LogP contribution in [0.2, 0.25) is 0 Å². The quantitative estimate of drug-likeness (QED) is 0.764. The van der Waals surface area contributed by atoms with E-state index in [1.54, 1.807) is 17.5 Å². The monoisotopic (exact) mass is 298 g/mol. The van der Waals surface area contributed by atoms with E-state index in [1.165, 1.54) is 10.6 Å². The van der Waals surface area contributed by atoms with Gasteiger partial charge >= 0.3 is 0 Å². The summed E-state index contributed by atoms with van der Waals surface area (Å²) in [6.07, 6.45) is 4.34. The highest BCUT2D eigenvalue weighted by Crippen LogP contribution is 2.28. The van der Waals surface area contributed by atoms with Crippen LogP contribution < -0.4 is 5.32 Å². The fraction of sp³-hybridized carbons (Fsp3) is 0.267. The van der Waals surface area contributed by atoms with Crippen molar-refractivity contribution in [2.45, 2.75) is 19.3 Å². The van der Waals surface area contributed by atoms with E-state index in [0.29, 0.717) is 0 Å². The number of hydrogen-bond acceptors (Lipinski definition) is 4. The topological polar surface area (TPSA) is 70.7 Å². The number of carbonyl (C=O) groups is 1. The molecular formula is C15H14N4OS. The van der Waals surface area contributed by atoms with E-state index < -0.39 is 0 Å². The number of aryl methyl sites for hydroxylation is 1. The molecule has 1 atom stereocenters. The Morgan fingerprint density at radius 2 is 2.38 bits per heavy atom. The molecule has 1 aromatic carbocycles. The van der Waals surface area contributed by atoms with E-state index in [0.717, 1.165) is 35.9 Å². The van der Waals surface area contributed by atoms with E-state index >= 15 is 0 Å². The lowest BCUT2D eigenvalue weighted by Crippen LogP contribution is -2.27. The van der Waals surface area contributed by atoms with Gasteiger partial charge in [0.15, 0.2) is 0 Å². The van der Waals surface area contributed by atoms with Crippen LogP contribution in [-0.2, 0) is 17.6 Å². The van der Waals surface area contributed by atoms with Crippen molar-refractivity contribution in [2.24, 2.45) is 5.92 Å². The lowest BCUT2D eigenvalue weighted by molar-refractivity contribution is -0.120. The first-order valence-corrected chi connectivity index (χ1v) is 7.83. The molecule has 0 bridgehead atoms. The normalized spacial score (nSPS) is 17.6. The third kappa shape index (κ3) is 2.31. The number of anilines is 1. The maximum absolute atomic E-state index is 12.4. The number of carbonyl (C=O) groups excluding carboxylic acids is 1. The Morgan fingerprint density at radius 1 is 1.43 bits per heavy atom. The number of rotatable bonds is 2. The third-order valence-corrected chi connectivity index (χ3v) is 4.86. The molecule has 0 radical (unpaired) electrons. The average Bonchev–Trinajstić information content (AvgIpc) is 3.14. The molecule has 1 unspecified atom stereocenters. The number of aromatic nitrogens is 3. The first-order valence-electron chi connectivity index (χ1n) is 6.95. The molecule has 2 N–H and O–H groups in total. The summed E-state index contributed by atoms with van der Waals surface area (Å²) in [5, 5.41) is 11.0. The van der Waals surface area contributed by atoms with Crippen molar-refractivity contribution in [1.29, 1.82) is 0 Å². The number of H-pyrrole nitrogens is 1. The lowest BCUT2D eigenvalue weighted by Gasteiger charge is -2.20. The molecule has 4 rings (SSSR count). The van der Waals surface area contributed by atoms with Crippen LogP contribution in [0.25, 0.3) is 10.9 Å². The fourth-order valence-electron chi connectivity index (χ4n) is 2.78. The fourth-order valence-corrected chi connectivity index (χ4v) is 3.68. The van der Waals surface area contributed by atoms with Gasteiger partial charge in [-0.05, 0) is 37.5 Å². The molecule has 5 nitrogen and oxygen atoms in total. The summed E-state index contributed by atoms with van der Waals surface area (Å²) in [6, 6.07) is 5.79. The average molecular weight is 298 g/mol. The molecule has 0 saturated carbocycles. The Labute approximate surface area is 125 Å². The van der Waals surface area contributed by atoms with Crippen molar-refractivity contribution < 1.29 is 4.79 Å². The van der Waals surface area contributed by atoms with Gasteiger partial charge in [-0.15, -0.1) is 11.3 Å². The first-order chi connectivity index (χ1) is 10.3. The van der Waals surface area contributed by atoms with Gasteiger partial charge in [0.2, 0.25) is 5.91 Å². The molecular weight excluding hydrogens is 284 g/mol. The van der Waals surface area contributed by atoms with Gasteiger partial charge in [-0.2, -0.15) is 5.10 Å². The Morgan fingerprint density at radius 3 is 3.33 bits per heavy atom. The highest BCUT2D eigenvalue weighted by Gasteiger charge is 2.26. The second kappa shape index (κ2) is 4.96. The first kappa shape index (κ1) is 12.5. The predicted octanol–water partition coefficient (Wildman–Crippen LogP) is 2.76. The van der Waals surface area contributed by atoms with Crippen molar-refractivity contribution in [3.05, 3.63) is 40.5 Å². The summed E-state index contributed by atoms with van der Waals surface area (Å²) in [7, 11) is 0. The number of fused-ring (bicyclic) bond motifs is 2. The molecule has 0 fully saturated rings. The van der Waals surface area contributed by atoms with E-state index in [9.17, 15) is 4.79 Å². The maximum atomic E-state index is 12.4. The summed E-state index contributed by atoms with van der Waals surface area (Å²) < 4.78 is 0. The van der Waals surface area contributed by atoms with E-state index in [1.807, 2.05) is 23.7 Å². The lowest BCUT2D eigenvalue weighted by atomic mass is 9.90.